The number of rotatable bonds is 6. The predicted molar refractivity (Wildman–Crippen MR) is 78.8 cm³/mol. The number of allylic oxidation sites excluding steroid dienone is 1. The second kappa shape index (κ2) is 6.12. The van der Waals surface area contributed by atoms with Crippen molar-refractivity contribution in [1.82, 2.24) is 0 Å². The average Bonchev–Trinajstić information content (AvgIpc) is 3.16. The van der Waals surface area contributed by atoms with Gasteiger partial charge in [0, 0.05) is 24.3 Å². The summed E-state index contributed by atoms with van der Waals surface area (Å²) in [5, 5.41) is 29.6. The van der Waals surface area contributed by atoms with E-state index in [0.29, 0.717) is 18.4 Å². The summed E-state index contributed by atoms with van der Waals surface area (Å²) in [5.41, 5.74) is 1.39. The lowest BCUT2D eigenvalue weighted by atomic mass is 9.95. The molecule has 0 amide bonds. The molecule has 3 N–H and O–H groups in total. The predicted octanol–water partition coefficient (Wildman–Crippen LogP) is 2.74. The number of hydrogen-bond acceptors (Lipinski definition) is 5. The first-order chi connectivity index (χ1) is 9.81. The van der Waals surface area contributed by atoms with Crippen LogP contribution < -0.4 is 0 Å². The van der Waals surface area contributed by atoms with Gasteiger partial charge in [-0.25, -0.2) is 0 Å². The SMILES string of the molecule is C=C(C)C[C@@H]1OC=C(CC2O[C@@H]2[C@H](C)[C@H](C)O)C(O)=C1O. The Morgan fingerprint density at radius 1 is 1.38 bits per heavy atom. The van der Waals surface area contributed by atoms with Crippen molar-refractivity contribution in [3.8, 4) is 0 Å². The van der Waals surface area contributed by atoms with Crippen molar-refractivity contribution < 1.29 is 24.8 Å². The number of ether oxygens (including phenoxy) is 2. The van der Waals surface area contributed by atoms with Crippen LogP contribution >= 0.6 is 0 Å². The van der Waals surface area contributed by atoms with E-state index in [1.54, 1.807) is 6.92 Å². The molecule has 0 radical (unpaired) electrons. The molecule has 2 aliphatic rings. The molecule has 0 aromatic heterocycles. The minimum Gasteiger partial charge on any atom is -0.505 e. The summed E-state index contributed by atoms with van der Waals surface area (Å²) in [6.07, 6.45) is 1.31. The van der Waals surface area contributed by atoms with Gasteiger partial charge in [-0.05, 0) is 13.8 Å². The van der Waals surface area contributed by atoms with Crippen LogP contribution in [0.5, 0.6) is 0 Å². The van der Waals surface area contributed by atoms with Crippen molar-refractivity contribution >= 4 is 0 Å². The summed E-state index contributed by atoms with van der Waals surface area (Å²) < 4.78 is 11.0. The van der Waals surface area contributed by atoms with Gasteiger partial charge in [-0.1, -0.05) is 19.1 Å². The topological polar surface area (TPSA) is 82.5 Å². The Balaban J connectivity index is 1.95. The third kappa shape index (κ3) is 3.60. The molecule has 5 nitrogen and oxygen atoms in total. The largest absolute Gasteiger partial charge is 0.505 e. The lowest BCUT2D eigenvalue weighted by Crippen LogP contribution is -2.22. The van der Waals surface area contributed by atoms with Gasteiger partial charge in [-0.15, -0.1) is 0 Å². The van der Waals surface area contributed by atoms with E-state index in [1.807, 2.05) is 13.8 Å². The molecule has 5 atom stereocenters. The summed E-state index contributed by atoms with van der Waals surface area (Å²) >= 11 is 0. The highest BCUT2D eigenvalue weighted by atomic mass is 16.6. The van der Waals surface area contributed by atoms with Crippen LogP contribution in [0.15, 0.2) is 35.5 Å². The van der Waals surface area contributed by atoms with Gasteiger partial charge in [0.15, 0.2) is 17.6 Å². The van der Waals surface area contributed by atoms with Gasteiger partial charge < -0.3 is 24.8 Å². The van der Waals surface area contributed by atoms with E-state index in [2.05, 4.69) is 6.58 Å². The van der Waals surface area contributed by atoms with Crippen LogP contribution in [-0.2, 0) is 9.47 Å². The average molecular weight is 296 g/mol. The van der Waals surface area contributed by atoms with Crippen molar-refractivity contribution in [3.63, 3.8) is 0 Å². The van der Waals surface area contributed by atoms with Gasteiger partial charge in [0.2, 0.25) is 0 Å². The zero-order valence-electron chi connectivity index (χ0n) is 12.7. The molecule has 21 heavy (non-hydrogen) atoms. The maximum atomic E-state index is 10.1. The quantitative estimate of drug-likeness (QED) is 0.518. The molecular weight excluding hydrogens is 272 g/mol. The second-order valence-electron chi connectivity index (χ2n) is 6.11. The number of epoxide rings is 1. The lowest BCUT2D eigenvalue weighted by molar-refractivity contribution is 0.105. The molecule has 2 heterocycles. The lowest BCUT2D eigenvalue weighted by Gasteiger charge is -2.23. The van der Waals surface area contributed by atoms with Crippen LogP contribution in [0, 0.1) is 5.92 Å². The fraction of sp³-hybridized carbons (Fsp3) is 0.625. The number of aliphatic hydroxyl groups is 3. The summed E-state index contributed by atoms with van der Waals surface area (Å²) in [5.74, 6) is -0.251. The van der Waals surface area contributed by atoms with E-state index in [0.717, 1.165) is 5.57 Å². The standard InChI is InChI=1S/C16H24O5/c1-8(2)5-12-15(19)14(18)11(7-20-12)6-13-16(21-13)9(3)10(4)17/h7,9-10,12-13,16-19H,1,5-6H2,2-4H3/t9-,10+,12+,13?,16-/m1/s1. The van der Waals surface area contributed by atoms with Crippen LogP contribution in [0.25, 0.3) is 0 Å². The van der Waals surface area contributed by atoms with E-state index in [1.165, 1.54) is 6.26 Å². The molecule has 1 saturated heterocycles. The molecule has 2 aliphatic heterocycles. The van der Waals surface area contributed by atoms with E-state index in [4.69, 9.17) is 9.47 Å². The zero-order valence-corrected chi connectivity index (χ0v) is 12.7. The van der Waals surface area contributed by atoms with Crippen molar-refractivity contribution in [1.29, 1.82) is 0 Å². The molecule has 2 rings (SSSR count). The molecule has 0 aromatic carbocycles. The smallest absolute Gasteiger partial charge is 0.176 e. The first-order valence-electron chi connectivity index (χ1n) is 7.26. The van der Waals surface area contributed by atoms with E-state index in [9.17, 15) is 15.3 Å². The summed E-state index contributed by atoms with van der Waals surface area (Å²) in [6, 6.07) is 0. The van der Waals surface area contributed by atoms with Gasteiger partial charge in [-0.3, -0.25) is 0 Å². The van der Waals surface area contributed by atoms with Gasteiger partial charge in [0.1, 0.15) is 0 Å². The Labute approximate surface area is 125 Å². The fourth-order valence-corrected chi connectivity index (χ4v) is 2.48. The first kappa shape index (κ1) is 15.9. The Kier molecular flexibility index (Phi) is 4.64. The number of aliphatic hydroxyl groups excluding tert-OH is 3. The third-order valence-corrected chi connectivity index (χ3v) is 4.08. The highest BCUT2D eigenvalue weighted by Crippen LogP contribution is 2.38. The highest BCUT2D eigenvalue weighted by Gasteiger charge is 2.45. The van der Waals surface area contributed by atoms with Crippen LogP contribution in [0.3, 0.4) is 0 Å². The molecule has 5 heteroatoms. The van der Waals surface area contributed by atoms with Crippen molar-refractivity contribution in [2.45, 2.75) is 58.0 Å². The Hall–Kier alpha value is -1.46. The molecule has 0 bridgehead atoms. The minimum absolute atomic E-state index is 0.0195. The van der Waals surface area contributed by atoms with Gasteiger partial charge in [0.25, 0.3) is 0 Å². The highest BCUT2D eigenvalue weighted by molar-refractivity contribution is 5.32. The van der Waals surface area contributed by atoms with Crippen molar-refractivity contribution in [2.75, 3.05) is 0 Å². The van der Waals surface area contributed by atoms with E-state index >= 15 is 0 Å². The van der Waals surface area contributed by atoms with Gasteiger partial charge in [-0.2, -0.15) is 0 Å². The Morgan fingerprint density at radius 3 is 2.62 bits per heavy atom. The molecule has 0 saturated carbocycles. The molecule has 0 aromatic rings. The molecular formula is C16H24O5. The monoisotopic (exact) mass is 296 g/mol. The van der Waals surface area contributed by atoms with Crippen molar-refractivity contribution in [2.24, 2.45) is 5.92 Å². The van der Waals surface area contributed by atoms with Gasteiger partial charge >= 0.3 is 0 Å². The molecule has 0 aliphatic carbocycles. The fourth-order valence-electron chi connectivity index (χ4n) is 2.48. The summed E-state index contributed by atoms with van der Waals surface area (Å²) in [7, 11) is 0. The first-order valence-corrected chi connectivity index (χ1v) is 7.26. The van der Waals surface area contributed by atoms with Crippen molar-refractivity contribution in [3.05, 3.63) is 35.5 Å². The molecule has 118 valence electrons. The molecule has 1 unspecified atom stereocenters. The van der Waals surface area contributed by atoms with Crippen LogP contribution in [0.2, 0.25) is 0 Å². The second-order valence-corrected chi connectivity index (χ2v) is 6.11. The normalized spacial score (nSPS) is 31.2. The third-order valence-electron chi connectivity index (χ3n) is 4.08. The maximum Gasteiger partial charge on any atom is 0.176 e. The Morgan fingerprint density at radius 2 is 2.05 bits per heavy atom. The zero-order chi connectivity index (χ0) is 15.7. The maximum absolute atomic E-state index is 10.1. The summed E-state index contributed by atoms with van der Waals surface area (Å²) in [4.78, 5) is 0. The Bertz CT molecular complexity index is 477. The molecule has 1 fully saturated rings. The van der Waals surface area contributed by atoms with Crippen LogP contribution in [-0.4, -0.2) is 39.7 Å². The van der Waals surface area contributed by atoms with Gasteiger partial charge in [0.05, 0.1) is 24.6 Å². The van der Waals surface area contributed by atoms with Crippen LogP contribution in [0.1, 0.15) is 33.6 Å². The van der Waals surface area contributed by atoms with E-state index < -0.39 is 12.2 Å². The van der Waals surface area contributed by atoms with Crippen LogP contribution in [0.4, 0.5) is 0 Å². The molecule has 0 spiro atoms. The minimum atomic E-state index is -0.571. The van der Waals surface area contributed by atoms with E-state index in [-0.39, 0.29) is 29.6 Å². The number of hydrogen-bond donors (Lipinski definition) is 3. The summed E-state index contributed by atoms with van der Waals surface area (Å²) in [6.45, 7) is 9.27.